The molecule has 0 aromatic carbocycles. The van der Waals surface area contributed by atoms with Gasteiger partial charge in [-0.3, -0.25) is 4.79 Å². The third-order valence-corrected chi connectivity index (χ3v) is 2.86. The summed E-state index contributed by atoms with van der Waals surface area (Å²) in [7, 11) is 0. The maximum Gasteiger partial charge on any atom is 0.178 e. The first kappa shape index (κ1) is 14.7. The molecule has 3 nitrogen and oxygen atoms in total. The van der Waals surface area contributed by atoms with Crippen LogP contribution in [0, 0.1) is 0 Å². The zero-order valence-corrected chi connectivity index (χ0v) is 11.4. The van der Waals surface area contributed by atoms with Gasteiger partial charge in [0.25, 0.3) is 0 Å². The van der Waals surface area contributed by atoms with Gasteiger partial charge in [-0.05, 0) is 18.6 Å². The van der Waals surface area contributed by atoms with Crippen LogP contribution < -0.4 is 4.74 Å². The lowest BCUT2D eigenvalue weighted by atomic mass is 10.1. The Morgan fingerprint density at radius 1 is 1.17 bits per heavy atom. The van der Waals surface area contributed by atoms with Crippen LogP contribution in [0.15, 0.2) is 18.3 Å². The first-order valence-corrected chi connectivity index (χ1v) is 6.84. The number of unbranched alkanes of at least 4 members (excludes halogenated alkanes) is 5. The van der Waals surface area contributed by atoms with Crippen molar-refractivity contribution >= 4 is 5.78 Å². The van der Waals surface area contributed by atoms with E-state index >= 15 is 0 Å². The van der Waals surface area contributed by atoms with Gasteiger partial charge in [-0.1, -0.05) is 39.0 Å². The number of carbonyl (C=O) groups excluding carboxylic acids is 1. The molecule has 1 aromatic heterocycles. The highest BCUT2D eigenvalue weighted by atomic mass is 16.5. The maximum atomic E-state index is 11.0. The third-order valence-electron chi connectivity index (χ3n) is 2.86. The lowest BCUT2D eigenvalue weighted by molar-refractivity contribution is 0.101. The Balaban J connectivity index is 2.14. The van der Waals surface area contributed by atoms with E-state index in [1.165, 1.54) is 39.0 Å². The fraction of sp³-hybridized carbons (Fsp3) is 0.600. The van der Waals surface area contributed by atoms with Crippen molar-refractivity contribution in [2.24, 2.45) is 0 Å². The monoisotopic (exact) mass is 249 g/mol. The van der Waals surface area contributed by atoms with Crippen molar-refractivity contribution in [3.05, 3.63) is 24.0 Å². The van der Waals surface area contributed by atoms with Gasteiger partial charge in [0.1, 0.15) is 11.4 Å². The Kier molecular flexibility index (Phi) is 7.07. The molecule has 0 saturated heterocycles. The van der Waals surface area contributed by atoms with Crippen LogP contribution >= 0.6 is 0 Å². The molecule has 0 N–H and O–H groups in total. The van der Waals surface area contributed by atoms with Gasteiger partial charge in [0.15, 0.2) is 5.78 Å². The second kappa shape index (κ2) is 8.67. The Hall–Kier alpha value is -1.38. The lowest BCUT2D eigenvalue weighted by Crippen LogP contribution is -2.00. The molecule has 100 valence electrons. The smallest absolute Gasteiger partial charge is 0.178 e. The summed E-state index contributed by atoms with van der Waals surface area (Å²) < 4.78 is 5.57. The van der Waals surface area contributed by atoms with E-state index in [4.69, 9.17) is 4.74 Å². The first-order chi connectivity index (χ1) is 8.74. The number of hydrogen-bond donors (Lipinski definition) is 0. The zero-order valence-electron chi connectivity index (χ0n) is 11.4. The van der Waals surface area contributed by atoms with E-state index in [-0.39, 0.29) is 5.78 Å². The van der Waals surface area contributed by atoms with Gasteiger partial charge in [0, 0.05) is 6.92 Å². The first-order valence-electron chi connectivity index (χ1n) is 6.84. The van der Waals surface area contributed by atoms with Gasteiger partial charge in [-0.2, -0.15) is 0 Å². The summed E-state index contributed by atoms with van der Waals surface area (Å²) in [6.45, 7) is 4.47. The van der Waals surface area contributed by atoms with Crippen molar-refractivity contribution in [3.63, 3.8) is 0 Å². The van der Waals surface area contributed by atoms with Crippen LogP contribution in [0.1, 0.15) is 62.9 Å². The normalized spacial score (nSPS) is 10.3. The van der Waals surface area contributed by atoms with Crippen molar-refractivity contribution in [3.8, 4) is 5.75 Å². The Labute approximate surface area is 110 Å². The minimum Gasteiger partial charge on any atom is -0.492 e. The second-order valence-electron chi connectivity index (χ2n) is 4.55. The van der Waals surface area contributed by atoms with Crippen LogP contribution in [0.25, 0.3) is 0 Å². The molecule has 0 aliphatic rings. The Morgan fingerprint density at radius 3 is 2.50 bits per heavy atom. The molecule has 0 aliphatic heterocycles. The van der Waals surface area contributed by atoms with Gasteiger partial charge < -0.3 is 4.74 Å². The molecule has 0 amide bonds. The summed E-state index contributed by atoms with van der Waals surface area (Å²) in [4.78, 5) is 15.1. The van der Waals surface area contributed by atoms with Crippen LogP contribution in [0.5, 0.6) is 5.75 Å². The van der Waals surface area contributed by atoms with Crippen molar-refractivity contribution in [1.29, 1.82) is 0 Å². The highest BCUT2D eigenvalue weighted by Gasteiger charge is 2.00. The lowest BCUT2D eigenvalue weighted by Gasteiger charge is -2.06. The number of rotatable bonds is 9. The van der Waals surface area contributed by atoms with Gasteiger partial charge in [-0.25, -0.2) is 4.98 Å². The molecule has 0 atom stereocenters. The fourth-order valence-corrected chi connectivity index (χ4v) is 1.75. The number of carbonyl (C=O) groups is 1. The molecule has 0 spiro atoms. The van der Waals surface area contributed by atoms with Crippen LogP contribution in [0.2, 0.25) is 0 Å². The number of hydrogen-bond acceptors (Lipinski definition) is 3. The minimum absolute atomic E-state index is 0.0162. The summed E-state index contributed by atoms with van der Waals surface area (Å²) in [5.41, 5.74) is 0.488. The predicted molar refractivity (Wildman–Crippen MR) is 73.1 cm³/mol. The summed E-state index contributed by atoms with van der Waals surface area (Å²) in [6.07, 6.45) is 9.15. The van der Waals surface area contributed by atoms with Crippen molar-refractivity contribution in [2.45, 2.75) is 52.4 Å². The zero-order chi connectivity index (χ0) is 13.2. The molecule has 0 aliphatic carbocycles. The van der Waals surface area contributed by atoms with Crippen LogP contribution in [0.4, 0.5) is 0 Å². The molecular formula is C15H23NO2. The average molecular weight is 249 g/mol. The number of nitrogens with zero attached hydrogens (tertiary/aromatic N) is 1. The maximum absolute atomic E-state index is 11.0. The van der Waals surface area contributed by atoms with Gasteiger partial charge in [0.05, 0.1) is 12.8 Å². The topological polar surface area (TPSA) is 39.2 Å². The van der Waals surface area contributed by atoms with Gasteiger partial charge in [0.2, 0.25) is 0 Å². The molecule has 0 saturated carbocycles. The molecule has 1 heterocycles. The number of ether oxygens (including phenoxy) is 1. The summed E-state index contributed by atoms with van der Waals surface area (Å²) in [6, 6.07) is 3.51. The summed E-state index contributed by atoms with van der Waals surface area (Å²) >= 11 is 0. The fourth-order valence-electron chi connectivity index (χ4n) is 1.75. The predicted octanol–water partition coefficient (Wildman–Crippen LogP) is 4.02. The van der Waals surface area contributed by atoms with Crippen molar-refractivity contribution < 1.29 is 9.53 Å². The van der Waals surface area contributed by atoms with Crippen LogP contribution in [0.3, 0.4) is 0 Å². The largest absolute Gasteiger partial charge is 0.492 e. The molecule has 18 heavy (non-hydrogen) atoms. The van der Waals surface area contributed by atoms with Crippen molar-refractivity contribution in [2.75, 3.05) is 6.61 Å². The molecule has 1 rings (SSSR count). The quantitative estimate of drug-likeness (QED) is 0.490. The van der Waals surface area contributed by atoms with Crippen LogP contribution in [-0.2, 0) is 0 Å². The number of pyridine rings is 1. The van der Waals surface area contributed by atoms with Gasteiger partial charge >= 0.3 is 0 Å². The van der Waals surface area contributed by atoms with E-state index in [0.717, 1.165) is 18.8 Å². The molecule has 0 fully saturated rings. The van der Waals surface area contributed by atoms with E-state index in [1.807, 2.05) is 0 Å². The molecule has 3 heteroatoms. The van der Waals surface area contributed by atoms with Gasteiger partial charge in [-0.15, -0.1) is 0 Å². The molecule has 1 aromatic rings. The third kappa shape index (κ3) is 5.80. The van der Waals surface area contributed by atoms with E-state index in [0.29, 0.717) is 5.69 Å². The number of aromatic nitrogens is 1. The summed E-state index contributed by atoms with van der Waals surface area (Å²) in [5.74, 6) is 0.728. The number of Topliss-reactive ketones (excluding diaryl/α,β-unsaturated/α-hetero) is 1. The highest BCUT2D eigenvalue weighted by molar-refractivity contribution is 5.92. The summed E-state index contributed by atoms with van der Waals surface area (Å²) in [5, 5.41) is 0. The second-order valence-corrected chi connectivity index (χ2v) is 4.55. The number of ketones is 1. The molecule has 0 unspecified atom stereocenters. The minimum atomic E-state index is -0.0162. The molecular weight excluding hydrogens is 226 g/mol. The Morgan fingerprint density at radius 2 is 1.89 bits per heavy atom. The highest BCUT2D eigenvalue weighted by Crippen LogP contribution is 2.11. The Bertz CT molecular complexity index is 346. The van der Waals surface area contributed by atoms with E-state index in [2.05, 4.69) is 11.9 Å². The van der Waals surface area contributed by atoms with E-state index < -0.39 is 0 Å². The molecule has 0 bridgehead atoms. The van der Waals surface area contributed by atoms with Crippen molar-refractivity contribution in [1.82, 2.24) is 4.98 Å². The van der Waals surface area contributed by atoms with E-state index in [1.54, 1.807) is 18.3 Å². The van der Waals surface area contributed by atoms with Crippen LogP contribution in [-0.4, -0.2) is 17.4 Å². The SMILES string of the molecule is CCCCCCCCOc1ccc(C(C)=O)nc1. The standard InChI is InChI=1S/C15H23NO2/c1-3-4-5-6-7-8-11-18-14-9-10-15(13(2)17)16-12-14/h9-10,12H,3-8,11H2,1-2H3. The average Bonchev–Trinajstić information content (AvgIpc) is 2.38. The van der Waals surface area contributed by atoms with E-state index in [9.17, 15) is 4.79 Å². The molecule has 0 radical (unpaired) electrons.